The topological polar surface area (TPSA) is 70.1 Å². The molecule has 0 radical (unpaired) electrons. The summed E-state index contributed by atoms with van der Waals surface area (Å²) in [6.07, 6.45) is -0.755. The molecule has 0 aliphatic carbocycles. The number of hydrogen-bond acceptors (Lipinski definition) is 6. The first-order valence-corrected chi connectivity index (χ1v) is 10.4. The Bertz CT molecular complexity index is 645. The lowest BCUT2D eigenvalue weighted by molar-refractivity contribution is 0.0410. The summed E-state index contributed by atoms with van der Waals surface area (Å²) in [5.74, 6) is 0.776. The van der Waals surface area contributed by atoms with Gasteiger partial charge in [-0.3, -0.25) is 9.80 Å². The smallest absolute Gasteiger partial charge is 0.154 e. The van der Waals surface area contributed by atoms with Crippen molar-refractivity contribution in [2.75, 3.05) is 50.8 Å². The molecule has 24 heavy (non-hydrogen) atoms. The van der Waals surface area contributed by atoms with Crippen molar-refractivity contribution < 1.29 is 18.3 Å². The number of rotatable bonds is 5. The molecular formula is C16H23ClN2O4S. The quantitative estimate of drug-likeness (QED) is 0.809. The Morgan fingerprint density at radius 1 is 1.12 bits per heavy atom. The van der Waals surface area contributed by atoms with Gasteiger partial charge in [-0.1, -0.05) is 11.6 Å². The maximum Gasteiger partial charge on any atom is 0.154 e. The lowest BCUT2D eigenvalue weighted by Gasteiger charge is -2.38. The second kappa shape index (κ2) is 7.58. The summed E-state index contributed by atoms with van der Waals surface area (Å²) < 4.78 is 29.0. The van der Waals surface area contributed by atoms with Crippen LogP contribution in [0.25, 0.3) is 0 Å². The minimum atomic E-state index is -3.09. The van der Waals surface area contributed by atoms with E-state index in [9.17, 15) is 13.5 Å². The molecule has 0 aromatic heterocycles. The Morgan fingerprint density at radius 2 is 1.79 bits per heavy atom. The average molecular weight is 375 g/mol. The van der Waals surface area contributed by atoms with Crippen LogP contribution in [0.1, 0.15) is 0 Å². The Balaban J connectivity index is 1.40. The number of sulfone groups is 1. The highest BCUT2D eigenvalue weighted by molar-refractivity contribution is 7.91. The summed E-state index contributed by atoms with van der Waals surface area (Å²) in [6.45, 7) is 4.68. The summed E-state index contributed by atoms with van der Waals surface area (Å²) in [7, 11) is -3.09. The minimum Gasteiger partial charge on any atom is -0.492 e. The number of hydrogen-bond donors (Lipinski definition) is 1. The number of benzene rings is 1. The van der Waals surface area contributed by atoms with Crippen LogP contribution < -0.4 is 4.74 Å². The Morgan fingerprint density at radius 3 is 2.38 bits per heavy atom. The number of nitrogens with zero attached hydrogens (tertiary/aromatic N) is 2. The van der Waals surface area contributed by atoms with Crippen molar-refractivity contribution in [1.82, 2.24) is 9.80 Å². The second-order valence-electron chi connectivity index (χ2n) is 6.39. The molecule has 3 rings (SSSR count). The fourth-order valence-corrected chi connectivity index (χ4v) is 5.26. The largest absolute Gasteiger partial charge is 0.492 e. The summed E-state index contributed by atoms with van der Waals surface area (Å²) in [5, 5.41) is 10.7. The lowest BCUT2D eigenvalue weighted by atomic mass is 10.1. The first kappa shape index (κ1) is 17.9. The van der Waals surface area contributed by atoms with Gasteiger partial charge >= 0.3 is 0 Å². The van der Waals surface area contributed by atoms with E-state index < -0.39 is 15.9 Å². The Kier molecular flexibility index (Phi) is 5.66. The van der Waals surface area contributed by atoms with Gasteiger partial charge in [0.05, 0.1) is 23.7 Å². The van der Waals surface area contributed by atoms with E-state index in [1.807, 2.05) is 12.1 Å². The fraction of sp³-hybridized carbons (Fsp3) is 0.625. The highest BCUT2D eigenvalue weighted by Crippen LogP contribution is 2.20. The van der Waals surface area contributed by atoms with Gasteiger partial charge in [-0.2, -0.15) is 0 Å². The summed E-state index contributed by atoms with van der Waals surface area (Å²) in [4.78, 5) is 4.40. The standard InChI is InChI=1S/C16H23ClN2O4S/c17-13-1-3-14(4-2-13)23-10-9-18-5-7-19(8-6-18)15-11-24(21,22)12-16(15)20/h1-4,15-16,20H,5-12H2/t15-,16+/m1/s1. The van der Waals surface area contributed by atoms with Crippen molar-refractivity contribution in [2.45, 2.75) is 12.1 Å². The van der Waals surface area contributed by atoms with Crippen molar-refractivity contribution in [2.24, 2.45) is 0 Å². The predicted molar refractivity (Wildman–Crippen MR) is 93.4 cm³/mol. The van der Waals surface area contributed by atoms with Crippen LogP contribution in [0.3, 0.4) is 0 Å². The predicted octanol–water partition coefficient (Wildman–Crippen LogP) is 0.494. The molecule has 2 saturated heterocycles. The number of aliphatic hydroxyl groups is 1. The van der Waals surface area contributed by atoms with Crippen LogP contribution in [-0.4, -0.2) is 86.3 Å². The SMILES string of the molecule is O=S1(=O)C[C@@H](N2CCN(CCOc3ccc(Cl)cc3)CC2)[C@@H](O)C1. The van der Waals surface area contributed by atoms with E-state index in [2.05, 4.69) is 9.80 Å². The first-order valence-electron chi connectivity index (χ1n) is 8.16. The van der Waals surface area contributed by atoms with Gasteiger partial charge in [-0.25, -0.2) is 8.42 Å². The van der Waals surface area contributed by atoms with Crippen LogP contribution in [-0.2, 0) is 9.84 Å². The van der Waals surface area contributed by atoms with Gasteiger partial charge in [0.15, 0.2) is 9.84 Å². The molecule has 2 aliphatic rings. The molecule has 2 heterocycles. The normalized spacial score (nSPS) is 28.1. The second-order valence-corrected chi connectivity index (χ2v) is 8.98. The van der Waals surface area contributed by atoms with Gasteiger partial charge in [0.1, 0.15) is 12.4 Å². The van der Waals surface area contributed by atoms with Gasteiger partial charge in [-0.05, 0) is 24.3 Å². The van der Waals surface area contributed by atoms with Gasteiger partial charge in [-0.15, -0.1) is 0 Å². The van der Waals surface area contributed by atoms with E-state index in [4.69, 9.17) is 16.3 Å². The Hall–Kier alpha value is -0.860. The highest BCUT2D eigenvalue weighted by atomic mass is 35.5. The molecule has 0 bridgehead atoms. The molecule has 1 aromatic carbocycles. The van der Waals surface area contributed by atoms with Crippen LogP contribution in [0, 0.1) is 0 Å². The highest BCUT2D eigenvalue weighted by Gasteiger charge is 2.40. The Labute approximate surface area is 147 Å². The van der Waals surface area contributed by atoms with Gasteiger partial charge < -0.3 is 9.84 Å². The van der Waals surface area contributed by atoms with Crippen molar-refractivity contribution in [1.29, 1.82) is 0 Å². The zero-order chi connectivity index (χ0) is 17.2. The van der Waals surface area contributed by atoms with Crippen molar-refractivity contribution in [3.8, 4) is 5.75 Å². The van der Waals surface area contributed by atoms with E-state index in [0.29, 0.717) is 11.6 Å². The summed E-state index contributed by atoms with van der Waals surface area (Å²) >= 11 is 5.84. The molecule has 2 aliphatic heterocycles. The maximum absolute atomic E-state index is 11.6. The van der Waals surface area contributed by atoms with Gasteiger partial charge in [0, 0.05) is 37.7 Å². The molecule has 6 nitrogen and oxygen atoms in total. The summed E-state index contributed by atoms with van der Waals surface area (Å²) in [6, 6.07) is 7.06. The minimum absolute atomic E-state index is 0.0772. The monoisotopic (exact) mass is 374 g/mol. The van der Waals surface area contributed by atoms with E-state index >= 15 is 0 Å². The molecule has 134 valence electrons. The molecule has 0 spiro atoms. The lowest BCUT2D eigenvalue weighted by Crippen LogP contribution is -2.54. The molecule has 8 heteroatoms. The van der Waals surface area contributed by atoms with E-state index in [-0.39, 0.29) is 17.5 Å². The van der Waals surface area contributed by atoms with Crippen LogP contribution >= 0.6 is 11.6 Å². The molecule has 2 fully saturated rings. The van der Waals surface area contributed by atoms with Crippen molar-refractivity contribution in [3.05, 3.63) is 29.3 Å². The molecule has 0 unspecified atom stereocenters. The third-order valence-electron chi connectivity index (χ3n) is 4.66. The van der Waals surface area contributed by atoms with Crippen LogP contribution in [0.5, 0.6) is 5.75 Å². The number of piperazine rings is 1. The van der Waals surface area contributed by atoms with E-state index in [1.165, 1.54) is 0 Å². The van der Waals surface area contributed by atoms with Crippen molar-refractivity contribution in [3.63, 3.8) is 0 Å². The number of aliphatic hydroxyl groups excluding tert-OH is 1. The maximum atomic E-state index is 11.6. The fourth-order valence-electron chi connectivity index (χ4n) is 3.30. The average Bonchev–Trinajstić information content (AvgIpc) is 2.83. The first-order chi connectivity index (χ1) is 11.4. The molecule has 0 saturated carbocycles. The van der Waals surface area contributed by atoms with Crippen molar-refractivity contribution >= 4 is 21.4 Å². The molecule has 1 aromatic rings. The number of halogens is 1. The molecular weight excluding hydrogens is 352 g/mol. The van der Waals surface area contributed by atoms with Crippen LogP contribution in [0.4, 0.5) is 0 Å². The van der Waals surface area contributed by atoms with Gasteiger partial charge in [0.2, 0.25) is 0 Å². The molecule has 2 atom stereocenters. The molecule has 0 amide bonds. The molecule has 1 N–H and O–H groups in total. The summed E-state index contributed by atoms with van der Waals surface area (Å²) in [5.41, 5.74) is 0. The van der Waals surface area contributed by atoms with Crippen LogP contribution in [0.2, 0.25) is 5.02 Å². The third-order valence-corrected chi connectivity index (χ3v) is 6.61. The zero-order valence-corrected chi connectivity index (χ0v) is 15.0. The van der Waals surface area contributed by atoms with E-state index in [1.54, 1.807) is 12.1 Å². The zero-order valence-electron chi connectivity index (χ0n) is 13.5. The van der Waals surface area contributed by atoms with E-state index in [0.717, 1.165) is 38.5 Å². The van der Waals surface area contributed by atoms with Crippen LogP contribution in [0.15, 0.2) is 24.3 Å². The van der Waals surface area contributed by atoms with Gasteiger partial charge in [0.25, 0.3) is 0 Å². The number of ether oxygens (including phenoxy) is 1. The third kappa shape index (κ3) is 4.61.